The van der Waals surface area contributed by atoms with Crippen LogP contribution in [0, 0.1) is 17.2 Å². The first-order valence-electron chi connectivity index (χ1n) is 11.2. The average Bonchev–Trinajstić information content (AvgIpc) is 2.85. The van der Waals surface area contributed by atoms with Crippen molar-refractivity contribution in [3.05, 3.63) is 59.5 Å². The fourth-order valence-corrected chi connectivity index (χ4v) is 5.13. The van der Waals surface area contributed by atoms with Gasteiger partial charge in [0.15, 0.2) is 0 Å². The molecular weight excluding hydrogens is 451 g/mol. The number of nitriles is 1. The first kappa shape index (κ1) is 23.9. The Kier molecular flexibility index (Phi) is 7.28. The molecule has 1 aliphatic rings. The van der Waals surface area contributed by atoms with E-state index in [1.807, 2.05) is 42.5 Å². The second-order valence-corrected chi connectivity index (χ2v) is 10.2. The van der Waals surface area contributed by atoms with Crippen LogP contribution in [0.15, 0.2) is 42.7 Å². The summed E-state index contributed by atoms with van der Waals surface area (Å²) in [5.41, 5.74) is 3.47. The van der Waals surface area contributed by atoms with Gasteiger partial charge in [0.25, 0.3) is 0 Å². The van der Waals surface area contributed by atoms with Crippen molar-refractivity contribution in [3.63, 3.8) is 0 Å². The SMILES string of the molecule is COc1cccc2c(N3CCC(CCP(=O)(O)O)CC3)c(C#N)c(/C=C/c3cccnc3)nc12. The Morgan fingerprint density at radius 1 is 1.24 bits per heavy atom. The summed E-state index contributed by atoms with van der Waals surface area (Å²) in [7, 11) is -2.39. The minimum atomic E-state index is -3.99. The van der Waals surface area contributed by atoms with Crippen LogP contribution in [0.5, 0.6) is 5.75 Å². The quantitative estimate of drug-likeness (QED) is 0.478. The molecule has 1 fully saturated rings. The van der Waals surface area contributed by atoms with Crippen LogP contribution in [-0.2, 0) is 4.57 Å². The molecule has 0 saturated carbocycles. The first-order valence-corrected chi connectivity index (χ1v) is 13.0. The number of benzene rings is 1. The molecule has 0 bridgehead atoms. The fraction of sp³-hybridized carbons (Fsp3) is 0.320. The van der Waals surface area contributed by atoms with Crippen molar-refractivity contribution in [1.29, 1.82) is 5.26 Å². The Morgan fingerprint density at radius 2 is 2.03 bits per heavy atom. The standard InChI is InChI=1S/C25H27N4O4P/c1-33-23-6-2-5-20-24(23)28-22(8-7-19-4-3-12-27-17-19)21(16-26)25(20)29-13-9-18(10-14-29)11-15-34(30,31)32/h2-8,12,17-18H,9-11,13-15H2,1H3,(H2,30,31,32)/b8-7+. The molecule has 3 heterocycles. The largest absolute Gasteiger partial charge is 0.494 e. The molecule has 0 spiro atoms. The van der Waals surface area contributed by atoms with Gasteiger partial charge in [0.1, 0.15) is 22.9 Å². The lowest BCUT2D eigenvalue weighted by Crippen LogP contribution is -2.34. The topological polar surface area (TPSA) is 120 Å². The van der Waals surface area contributed by atoms with Crippen molar-refractivity contribution in [2.24, 2.45) is 5.92 Å². The predicted molar refractivity (Wildman–Crippen MR) is 133 cm³/mol. The zero-order valence-electron chi connectivity index (χ0n) is 19.0. The monoisotopic (exact) mass is 478 g/mol. The number of aromatic nitrogens is 2. The van der Waals surface area contributed by atoms with Gasteiger partial charge in [-0.2, -0.15) is 5.26 Å². The Hall–Kier alpha value is -3.24. The van der Waals surface area contributed by atoms with Crippen molar-refractivity contribution in [3.8, 4) is 11.8 Å². The Bertz CT molecular complexity index is 1280. The molecule has 1 saturated heterocycles. The highest BCUT2D eigenvalue weighted by molar-refractivity contribution is 7.51. The lowest BCUT2D eigenvalue weighted by molar-refractivity contribution is 0.350. The number of rotatable bonds is 7. The molecule has 8 nitrogen and oxygen atoms in total. The smallest absolute Gasteiger partial charge is 0.325 e. The second-order valence-electron chi connectivity index (χ2n) is 8.42. The average molecular weight is 478 g/mol. The van der Waals surface area contributed by atoms with Gasteiger partial charge in [0.05, 0.1) is 24.7 Å². The van der Waals surface area contributed by atoms with E-state index in [4.69, 9.17) is 9.72 Å². The third kappa shape index (κ3) is 5.45. The van der Waals surface area contributed by atoms with E-state index in [2.05, 4.69) is 16.0 Å². The minimum Gasteiger partial charge on any atom is -0.494 e. The maximum Gasteiger partial charge on any atom is 0.325 e. The molecular formula is C25H27N4O4P. The van der Waals surface area contributed by atoms with E-state index < -0.39 is 7.60 Å². The van der Waals surface area contributed by atoms with Gasteiger partial charge in [-0.1, -0.05) is 24.3 Å². The number of nitrogens with zero attached hydrogens (tertiary/aromatic N) is 4. The zero-order chi connectivity index (χ0) is 24.1. The minimum absolute atomic E-state index is 0.0835. The predicted octanol–water partition coefficient (Wildman–Crippen LogP) is 4.46. The number of hydrogen-bond acceptors (Lipinski definition) is 6. The Morgan fingerprint density at radius 3 is 2.68 bits per heavy atom. The zero-order valence-corrected chi connectivity index (χ0v) is 19.9. The summed E-state index contributed by atoms with van der Waals surface area (Å²) in [4.78, 5) is 29.5. The summed E-state index contributed by atoms with van der Waals surface area (Å²) in [5.74, 6) is 0.887. The van der Waals surface area contributed by atoms with Gasteiger partial charge in [0.2, 0.25) is 0 Å². The third-order valence-electron chi connectivity index (χ3n) is 6.19. The molecule has 4 rings (SSSR count). The van der Waals surface area contributed by atoms with Gasteiger partial charge in [0, 0.05) is 30.9 Å². The number of para-hydroxylation sites is 1. The molecule has 0 radical (unpaired) electrons. The normalized spacial score (nSPS) is 15.1. The summed E-state index contributed by atoms with van der Waals surface area (Å²) in [6.45, 7) is 1.39. The van der Waals surface area contributed by atoms with Crippen LogP contribution < -0.4 is 9.64 Å². The summed E-state index contributed by atoms with van der Waals surface area (Å²) in [6.07, 6.45) is 9.20. The summed E-state index contributed by atoms with van der Waals surface area (Å²) in [5, 5.41) is 11.0. The van der Waals surface area contributed by atoms with E-state index in [1.165, 1.54) is 0 Å². The van der Waals surface area contributed by atoms with Crippen LogP contribution in [0.25, 0.3) is 23.1 Å². The van der Waals surface area contributed by atoms with Gasteiger partial charge in [-0.15, -0.1) is 0 Å². The first-order chi connectivity index (χ1) is 16.4. The van der Waals surface area contributed by atoms with E-state index in [1.54, 1.807) is 19.5 Å². The van der Waals surface area contributed by atoms with Gasteiger partial charge in [-0.25, -0.2) is 4.98 Å². The number of pyridine rings is 2. The molecule has 176 valence electrons. The molecule has 0 amide bonds. The molecule has 1 aromatic carbocycles. The van der Waals surface area contributed by atoms with E-state index in [0.29, 0.717) is 42.0 Å². The van der Waals surface area contributed by atoms with E-state index in [0.717, 1.165) is 29.5 Å². The summed E-state index contributed by atoms with van der Waals surface area (Å²) in [6, 6.07) is 11.9. The van der Waals surface area contributed by atoms with Crippen molar-refractivity contribution in [2.75, 3.05) is 31.3 Å². The molecule has 34 heavy (non-hydrogen) atoms. The number of fused-ring (bicyclic) bond motifs is 1. The highest BCUT2D eigenvalue weighted by Gasteiger charge is 2.27. The fourth-order valence-electron chi connectivity index (χ4n) is 4.43. The molecule has 0 atom stereocenters. The van der Waals surface area contributed by atoms with Gasteiger partial charge < -0.3 is 19.4 Å². The molecule has 3 aromatic rings. The molecule has 1 aliphatic heterocycles. The molecule has 0 unspecified atom stereocenters. The van der Waals surface area contributed by atoms with E-state index >= 15 is 0 Å². The van der Waals surface area contributed by atoms with Crippen LogP contribution >= 0.6 is 7.60 Å². The van der Waals surface area contributed by atoms with E-state index in [9.17, 15) is 19.6 Å². The maximum atomic E-state index is 11.3. The highest BCUT2D eigenvalue weighted by atomic mass is 31.2. The lowest BCUT2D eigenvalue weighted by Gasteiger charge is -2.35. The van der Waals surface area contributed by atoms with Gasteiger partial charge >= 0.3 is 7.60 Å². The van der Waals surface area contributed by atoms with Gasteiger partial charge in [-0.05, 0) is 49.0 Å². The molecule has 0 aliphatic carbocycles. The maximum absolute atomic E-state index is 11.3. The van der Waals surface area contributed by atoms with E-state index in [-0.39, 0.29) is 12.1 Å². The Labute approximate surface area is 198 Å². The van der Waals surface area contributed by atoms with Crippen molar-refractivity contribution < 1.29 is 19.1 Å². The van der Waals surface area contributed by atoms with Crippen molar-refractivity contribution >= 4 is 36.3 Å². The second kappa shape index (κ2) is 10.4. The molecule has 9 heteroatoms. The Balaban J connectivity index is 1.73. The van der Waals surface area contributed by atoms with Gasteiger partial charge in [-0.3, -0.25) is 9.55 Å². The summed E-state index contributed by atoms with van der Waals surface area (Å²) >= 11 is 0. The van der Waals surface area contributed by atoms with Crippen molar-refractivity contribution in [1.82, 2.24) is 9.97 Å². The summed E-state index contributed by atoms with van der Waals surface area (Å²) < 4.78 is 16.8. The van der Waals surface area contributed by atoms with Crippen LogP contribution in [-0.4, -0.2) is 46.1 Å². The number of ether oxygens (including phenoxy) is 1. The number of methoxy groups -OCH3 is 1. The van der Waals surface area contributed by atoms with Crippen LogP contribution in [0.3, 0.4) is 0 Å². The molecule has 2 N–H and O–H groups in total. The highest BCUT2D eigenvalue weighted by Crippen LogP contribution is 2.40. The number of hydrogen-bond donors (Lipinski definition) is 2. The third-order valence-corrected chi connectivity index (χ3v) is 7.03. The molecule has 2 aromatic heterocycles. The number of anilines is 1. The number of piperidine rings is 1. The van der Waals surface area contributed by atoms with Crippen molar-refractivity contribution in [2.45, 2.75) is 19.3 Å². The van der Waals surface area contributed by atoms with Crippen LogP contribution in [0.4, 0.5) is 5.69 Å². The lowest BCUT2D eigenvalue weighted by atomic mass is 9.93. The van der Waals surface area contributed by atoms with Crippen LogP contribution in [0.2, 0.25) is 0 Å². The van der Waals surface area contributed by atoms with Crippen LogP contribution in [0.1, 0.15) is 36.1 Å².